The molecule has 0 aliphatic carbocycles. The number of carbonyl (C=O) groups excluding carboxylic acids is 2. The van der Waals surface area contributed by atoms with Crippen molar-refractivity contribution >= 4 is 11.7 Å². The molecule has 0 radical (unpaired) electrons. The van der Waals surface area contributed by atoms with Crippen LogP contribution in [0.5, 0.6) is 0 Å². The fourth-order valence-corrected chi connectivity index (χ4v) is 2.90. The minimum Gasteiger partial charge on any atom is -0.389 e. The van der Waals surface area contributed by atoms with Crippen LogP contribution in [-0.2, 0) is 4.79 Å². The number of halogens is 1. The topological polar surface area (TPSA) is 57.6 Å². The lowest BCUT2D eigenvalue weighted by molar-refractivity contribution is -0.0390. The third-order valence-corrected chi connectivity index (χ3v) is 4.50. The number of carbonyl (C=O) groups is 1. The van der Waals surface area contributed by atoms with Gasteiger partial charge in [-0.15, -0.1) is 0 Å². The normalized spacial score (nSPS) is 24.9. The summed E-state index contributed by atoms with van der Waals surface area (Å²) in [7, 11) is 0. The minimum atomic E-state index is -0.877. The van der Waals surface area contributed by atoms with Gasteiger partial charge in [-0.3, -0.25) is 4.79 Å². The summed E-state index contributed by atoms with van der Waals surface area (Å²) in [4.78, 5) is 24.7. The van der Waals surface area contributed by atoms with Gasteiger partial charge in [-0.05, 0) is 50.6 Å². The molecule has 1 saturated heterocycles. The lowest BCUT2D eigenvalue weighted by Crippen LogP contribution is -2.49. The standard InChI is InChI=1S/C18H22FNO3/c1-18(23)9-11-20(13-15(18)8-12-21)10-2-3-17(22)14-4-6-16(19)7-5-14/h4-8,15,23H,2-3,9-11,13H2,1H3/t15-,18+/m0/s1. The molecule has 1 heterocycles. The number of Topliss-reactive ketones (excluding diaryl/α,β-unsaturated/α-hetero) is 1. The summed E-state index contributed by atoms with van der Waals surface area (Å²) in [6.45, 7) is 3.79. The molecule has 0 unspecified atom stereocenters. The summed E-state index contributed by atoms with van der Waals surface area (Å²) in [5.41, 5.74) is -0.354. The number of hydrogen-bond donors (Lipinski definition) is 1. The van der Waals surface area contributed by atoms with Crippen LogP contribution in [0, 0.1) is 11.7 Å². The summed E-state index contributed by atoms with van der Waals surface area (Å²) < 4.78 is 12.8. The van der Waals surface area contributed by atoms with Gasteiger partial charge in [0.15, 0.2) is 5.78 Å². The smallest absolute Gasteiger partial charge is 0.162 e. The Morgan fingerprint density at radius 3 is 2.83 bits per heavy atom. The molecule has 0 spiro atoms. The second kappa shape index (κ2) is 7.64. The fraction of sp³-hybridized carbons (Fsp3) is 0.500. The molecule has 2 atom stereocenters. The number of likely N-dealkylation sites (tertiary alicyclic amines) is 1. The zero-order chi connectivity index (χ0) is 16.9. The van der Waals surface area contributed by atoms with Crippen LogP contribution in [0.2, 0.25) is 0 Å². The molecule has 0 saturated carbocycles. The summed E-state index contributed by atoms with van der Waals surface area (Å²) >= 11 is 0. The number of benzene rings is 1. The number of piperidine rings is 1. The summed E-state index contributed by atoms with van der Waals surface area (Å²) in [5.74, 6) is 1.18. The number of rotatable bonds is 6. The molecule has 124 valence electrons. The monoisotopic (exact) mass is 319 g/mol. The van der Waals surface area contributed by atoms with E-state index in [1.54, 1.807) is 12.9 Å². The lowest BCUT2D eigenvalue weighted by Gasteiger charge is -2.41. The molecule has 1 aliphatic heterocycles. The fourth-order valence-electron chi connectivity index (χ4n) is 2.90. The molecule has 1 N–H and O–H groups in total. The van der Waals surface area contributed by atoms with Crippen LogP contribution in [0.4, 0.5) is 4.39 Å². The Morgan fingerprint density at radius 2 is 2.17 bits per heavy atom. The van der Waals surface area contributed by atoms with E-state index in [0.717, 1.165) is 13.1 Å². The quantitative estimate of drug-likeness (QED) is 0.645. The Hall–Kier alpha value is -1.81. The van der Waals surface area contributed by atoms with Crippen molar-refractivity contribution in [3.8, 4) is 0 Å². The van der Waals surface area contributed by atoms with E-state index in [9.17, 15) is 19.1 Å². The molecular weight excluding hydrogens is 297 g/mol. The average molecular weight is 319 g/mol. The maximum absolute atomic E-state index is 12.8. The zero-order valence-corrected chi connectivity index (χ0v) is 13.3. The third kappa shape index (κ3) is 4.83. The molecule has 23 heavy (non-hydrogen) atoms. The molecule has 5 heteroatoms. The summed E-state index contributed by atoms with van der Waals surface area (Å²) in [6.07, 6.45) is 3.06. The maximum Gasteiger partial charge on any atom is 0.162 e. The third-order valence-electron chi connectivity index (χ3n) is 4.50. The SMILES string of the molecule is C[C@@]1(O)CCN(CCCC(=O)c2ccc(F)cc2)C[C@@H]1C=C=O. The van der Waals surface area contributed by atoms with E-state index < -0.39 is 5.60 Å². The molecule has 1 aromatic carbocycles. The van der Waals surface area contributed by atoms with Crippen molar-refractivity contribution in [1.82, 2.24) is 4.90 Å². The van der Waals surface area contributed by atoms with E-state index in [4.69, 9.17) is 0 Å². The Morgan fingerprint density at radius 1 is 1.48 bits per heavy atom. The van der Waals surface area contributed by atoms with E-state index >= 15 is 0 Å². The van der Waals surface area contributed by atoms with Gasteiger partial charge in [0.1, 0.15) is 11.8 Å². The van der Waals surface area contributed by atoms with Gasteiger partial charge < -0.3 is 10.0 Å². The van der Waals surface area contributed by atoms with Crippen molar-refractivity contribution < 1.29 is 19.1 Å². The van der Waals surface area contributed by atoms with E-state index in [0.29, 0.717) is 31.4 Å². The van der Waals surface area contributed by atoms with Crippen LogP contribution in [-0.4, -0.2) is 47.0 Å². The number of nitrogens with zero attached hydrogens (tertiary/aromatic N) is 1. The molecule has 1 fully saturated rings. The molecule has 1 aromatic rings. The molecule has 4 nitrogen and oxygen atoms in total. The van der Waals surface area contributed by atoms with Crippen molar-refractivity contribution in [2.75, 3.05) is 19.6 Å². The van der Waals surface area contributed by atoms with Crippen molar-refractivity contribution in [2.24, 2.45) is 5.92 Å². The molecule has 0 amide bonds. The van der Waals surface area contributed by atoms with E-state index in [-0.39, 0.29) is 17.5 Å². The van der Waals surface area contributed by atoms with Crippen LogP contribution >= 0.6 is 0 Å². The first kappa shape index (κ1) is 17.5. The Kier molecular flexibility index (Phi) is 5.83. The van der Waals surface area contributed by atoms with E-state index in [1.165, 1.54) is 30.3 Å². The largest absolute Gasteiger partial charge is 0.389 e. The first-order valence-electron chi connectivity index (χ1n) is 7.87. The van der Waals surface area contributed by atoms with Gasteiger partial charge in [0.05, 0.1) is 5.60 Å². The van der Waals surface area contributed by atoms with Crippen LogP contribution < -0.4 is 0 Å². The molecule has 2 rings (SSSR count). The zero-order valence-electron chi connectivity index (χ0n) is 13.3. The molecule has 0 aromatic heterocycles. The first-order valence-corrected chi connectivity index (χ1v) is 7.87. The highest BCUT2D eigenvalue weighted by molar-refractivity contribution is 5.95. The van der Waals surface area contributed by atoms with Crippen molar-refractivity contribution in [1.29, 1.82) is 0 Å². The highest BCUT2D eigenvalue weighted by Gasteiger charge is 2.36. The molecular formula is C18H22FNO3. The predicted octanol–water partition coefficient (Wildman–Crippen LogP) is 2.25. The van der Waals surface area contributed by atoms with Gasteiger partial charge in [0.2, 0.25) is 0 Å². The van der Waals surface area contributed by atoms with E-state index in [2.05, 4.69) is 4.90 Å². The van der Waals surface area contributed by atoms with E-state index in [1.807, 2.05) is 0 Å². The van der Waals surface area contributed by atoms with Gasteiger partial charge in [-0.2, -0.15) is 0 Å². The number of ketones is 1. The Bertz CT molecular complexity index is 591. The summed E-state index contributed by atoms with van der Waals surface area (Å²) in [6, 6.07) is 5.58. The highest BCUT2D eigenvalue weighted by Crippen LogP contribution is 2.28. The Balaban J connectivity index is 1.81. The van der Waals surface area contributed by atoms with Crippen LogP contribution in [0.3, 0.4) is 0 Å². The Labute approximate surface area is 135 Å². The van der Waals surface area contributed by atoms with Gasteiger partial charge in [-0.25, -0.2) is 9.18 Å². The van der Waals surface area contributed by atoms with Crippen molar-refractivity contribution in [3.05, 3.63) is 41.7 Å². The van der Waals surface area contributed by atoms with Gasteiger partial charge >= 0.3 is 0 Å². The molecule has 1 aliphatic rings. The van der Waals surface area contributed by atoms with Gasteiger partial charge in [-0.1, -0.05) is 0 Å². The predicted molar refractivity (Wildman–Crippen MR) is 85.4 cm³/mol. The second-order valence-electron chi connectivity index (χ2n) is 6.33. The summed E-state index contributed by atoms with van der Waals surface area (Å²) in [5, 5.41) is 10.2. The van der Waals surface area contributed by atoms with Crippen LogP contribution in [0.25, 0.3) is 0 Å². The van der Waals surface area contributed by atoms with Gasteiger partial charge in [0.25, 0.3) is 0 Å². The van der Waals surface area contributed by atoms with Crippen LogP contribution in [0.1, 0.15) is 36.5 Å². The number of aliphatic hydroxyl groups is 1. The van der Waals surface area contributed by atoms with Crippen molar-refractivity contribution in [3.63, 3.8) is 0 Å². The first-order chi connectivity index (χ1) is 10.9. The van der Waals surface area contributed by atoms with Crippen molar-refractivity contribution in [2.45, 2.75) is 31.8 Å². The lowest BCUT2D eigenvalue weighted by atomic mass is 9.82. The maximum atomic E-state index is 12.8. The van der Waals surface area contributed by atoms with Gasteiger partial charge in [0, 0.05) is 37.1 Å². The number of hydrogen-bond acceptors (Lipinski definition) is 4. The van der Waals surface area contributed by atoms with Crippen LogP contribution in [0.15, 0.2) is 30.3 Å². The molecule has 0 bridgehead atoms. The minimum absolute atomic E-state index is 0.00153. The highest BCUT2D eigenvalue weighted by atomic mass is 19.1. The second-order valence-corrected chi connectivity index (χ2v) is 6.33. The average Bonchev–Trinajstić information content (AvgIpc) is 2.51.